The lowest BCUT2D eigenvalue weighted by atomic mass is 10.1. The van der Waals surface area contributed by atoms with Crippen LogP contribution in [0.15, 0.2) is 55.1 Å². The Hall–Kier alpha value is -1.29. The van der Waals surface area contributed by atoms with Crippen LogP contribution in [0.5, 0.6) is 0 Å². The van der Waals surface area contributed by atoms with Crippen molar-refractivity contribution < 1.29 is 0 Å². The van der Waals surface area contributed by atoms with Crippen molar-refractivity contribution in [2.24, 2.45) is 0 Å². The molecule has 0 unspecified atom stereocenters. The molecule has 0 bridgehead atoms. The van der Waals surface area contributed by atoms with E-state index in [0.717, 1.165) is 12.1 Å². The lowest BCUT2D eigenvalue weighted by Crippen LogP contribution is -2.05. The smallest absolute Gasteiger partial charge is 0.0400 e. The van der Waals surface area contributed by atoms with Gasteiger partial charge in [-0.05, 0) is 58.3 Å². The van der Waals surface area contributed by atoms with Crippen LogP contribution in [0.4, 0.5) is 5.69 Å². The summed E-state index contributed by atoms with van der Waals surface area (Å²) in [5.74, 6) is 0. The van der Waals surface area contributed by atoms with Gasteiger partial charge in [0.1, 0.15) is 0 Å². The highest BCUT2D eigenvalue weighted by Crippen LogP contribution is 2.21. The van der Waals surface area contributed by atoms with Gasteiger partial charge < -0.3 is 5.32 Å². The predicted octanol–water partition coefficient (Wildman–Crippen LogP) is 4.72. The third-order valence-electron chi connectivity index (χ3n) is 2.94. The minimum atomic E-state index is 0.769. The molecule has 1 nitrogen and oxygen atoms in total. The predicted molar refractivity (Wildman–Crippen MR) is 87.9 cm³/mol. The molecule has 18 heavy (non-hydrogen) atoms. The normalized spacial score (nSPS) is 10.1. The molecule has 0 fully saturated rings. The van der Waals surface area contributed by atoms with Gasteiger partial charge in [-0.1, -0.05) is 43.0 Å². The molecule has 2 aromatic rings. The first-order valence-electron chi connectivity index (χ1n) is 5.90. The second-order valence-electron chi connectivity index (χ2n) is 4.24. The van der Waals surface area contributed by atoms with E-state index in [1.54, 1.807) is 0 Å². The zero-order valence-corrected chi connectivity index (χ0v) is 12.6. The van der Waals surface area contributed by atoms with Crippen LogP contribution >= 0.6 is 22.6 Å². The molecule has 2 rings (SSSR count). The SMILES string of the molecule is C=C(CNc1cccc(I)c1C)c1ccccc1. The molecule has 0 saturated carbocycles. The average Bonchev–Trinajstić information content (AvgIpc) is 2.41. The van der Waals surface area contributed by atoms with Gasteiger partial charge in [0, 0.05) is 15.8 Å². The number of hydrogen-bond donors (Lipinski definition) is 1. The van der Waals surface area contributed by atoms with Gasteiger partial charge in [0.25, 0.3) is 0 Å². The monoisotopic (exact) mass is 349 g/mol. The first kappa shape index (κ1) is 13.1. The molecule has 0 aliphatic heterocycles. The van der Waals surface area contributed by atoms with Crippen LogP contribution in [-0.4, -0.2) is 6.54 Å². The quantitative estimate of drug-likeness (QED) is 0.788. The molecule has 0 atom stereocenters. The summed E-state index contributed by atoms with van der Waals surface area (Å²) in [5.41, 5.74) is 4.76. The molecule has 0 saturated heterocycles. The molecule has 1 N–H and O–H groups in total. The fourth-order valence-corrected chi connectivity index (χ4v) is 2.27. The molecule has 2 aromatic carbocycles. The molecular formula is C16H16IN. The molecule has 0 heterocycles. The van der Waals surface area contributed by atoms with Gasteiger partial charge in [0.05, 0.1) is 0 Å². The van der Waals surface area contributed by atoms with E-state index in [2.05, 4.69) is 71.7 Å². The van der Waals surface area contributed by atoms with Gasteiger partial charge in [-0.2, -0.15) is 0 Å². The van der Waals surface area contributed by atoms with Crippen LogP contribution in [0.2, 0.25) is 0 Å². The number of halogens is 1. The summed E-state index contributed by atoms with van der Waals surface area (Å²) in [6, 6.07) is 16.6. The van der Waals surface area contributed by atoms with Crippen LogP contribution in [0.3, 0.4) is 0 Å². The summed E-state index contributed by atoms with van der Waals surface area (Å²) in [4.78, 5) is 0. The van der Waals surface area contributed by atoms with Crippen LogP contribution in [0, 0.1) is 10.5 Å². The van der Waals surface area contributed by atoms with E-state index in [9.17, 15) is 0 Å². The fourth-order valence-electron chi connectivity index (χ4n) is 1.78. The summed E-state index contributed by atoms with van der Waals surface area (Å²) in [6.07, 6.45) is 0. The van der Waals surface area contributed by atoms with Crippen molar-refractivity contribution in [3.63, 3.8) is 0 Å². The van der Waals surface area contributed by atoms with Crippen molar-refractivity contribution in [2.45, 2.75) is 6.92 Å². The van der Waals surface area contributed by atoms with E-state index in [0.29, 0.717) is 0 Å². The minimum Gasteiger partial charge on any atom is -0.381 e. The zero-order valence-electron chi connectivity index (χ0n) is 10.4. The Morgan fingerprint density at radius 1 is 1.11 bits per heavy atom. The highest BCUT2D eigenvalue weighted by atomic mass is 127. The maximum atomic E-state index is 4.13. The second kappa shape index (κ2) is 6.05. The van der Waals surface area contributed by atoms with Crippen molar-refractivity contribution in [3.8, 4) is 0 Å². The average molecular weight is 349 g/mol. The number of nitrogens with one attached hydrogen (secondary N) is 1. The zero-order chi connectivity index (χ0) is 13.0. The van der Waals surface area contributed by atoms with Crippen molar-refractivity contribution >= 4 is 33.9 Å². The Morgan fingerprint density at radius 2 is 1.83 bits per heavy atom. The van der Waals surface area contributed by atoms with E-state index < -0.39 is 0 Å². The van der Waals surface area contributed by atoms with Gasteiger partial charge in [-0.15, -0.1) is 0 Å². The number of benzene rings is 2. The largest absolute Gasteiger partial charge is 0.381 e. The molecule has 0 aliphatic rings. The Morgan fingerprint density at radius 3 is 2.56 bits per heavy atom. The third-order valence-corrected chi connectivity index (χ3v) is 4.11. The minimum absolute atomic E-state index is 0.769. The molecule has 0 radical (unpaired) electrons. The highest BCUT2D eigenvalue weighted by Gasteiger charge is 2.02. The van der Waals surface area contributed by atoms with Gasteiger partial charge in [0.2, 0.25) is 0 Å². The van der Waals surface area contributed by atoms with Crippen molar-refractivity contribution in [3.05, 3.63) is 69.8 Å². The van der Waals surface area contributed by atoms with Gasteiger partial charge in [-0.25, -0.2) is 0 Å². The molecule has 0 aliphatic carbocycles. The Kier molecular flexibility index (Phi) is 4.42. The summed E-state index contributed by atoms with van der Waals surface area (Å²) in [7, 11) is 0. The van der Waals surface area contributed by atoms with Gasteiger partial charge >= 0.3 is 0 Å². The fraction of sp³-hybridized carbons (Fsp3) is 0.125. The van der Waals surface area contributed by atoms with Crippen LogP contribution < -0.4 is 5.32 Å². The van der Waals surface area contributed by atoms with Gasteiger partial charge in [-0.3, -0.25) is 0 Å². The number of hydrogen-bond acceptors (Lipinski definition) is 1. The first-order valence-corrected chi connectivity index (χ1v) is 6.98. The van der Waals surface area contributed by atoms with E-state index in [1.807, 2.05) is 18.2 Å². The summed E-state index contributed by atoms with van der Waals surface area (Å²) in [5, 5.41) is 3.45. The molecule has 0 amide bonds. The van der Waals surface area contributed by atoms with E-state index in [4.69, 9.17) is 0 Å². The van der Waals surface area contributed by atoms with Crippen LogP contribution in [-0.2, 0) is 0 Å². The van der Waals surface area contributed by atoms with E-state index >= 15 is 0 Å². The second-order valence-corrected chi connectivity index (χ2v) is 5.40. The molecule has 0 spiro atoms. The number of rotatable bonds is 4. The van der Waals surface area contributed by atoms with Crippen molar-refractivity contribution in [2.75, 3.05) is 11.9 Å². The molecular weight excluding hydrogens is 333 g/mol. The lowest BCUT2D eigenvalue weighted by molar-refractivity contribution is 1.30. The topological polar surface area (TPSA) is 12.0 Å². The Labute approximate surface area is 122 Å². The summed E-state index contributed by atoms with van der Waals surface area (Å²) in [6.45, 7) is 7.03. The maximum Gasteiger partial charge on any atom is 0.0400 e. The van der Waals surface area contributed by atoms with Crippen LogP contribution in [0.25, 0.3) is 5.57 Å². The van der Waals surface area contributed by atoms with E-state index in [-0.39, 0.29) is 0 Å². The lowest BCUT2D eigenvalue weighted by Gasteiger charge is -2.12. The molecule has 0 aromatic heterocycles. The molecule has 92 valence electrons. The van der Waals surface area contributed by atoms with Crippen molar-refractivity contribution in [1.29, 1.82) is 0 Å². The highest BCUT2D eigenvalue weighted by molar-refractivity contribution is 14.1. The maximum absolute atomic E-state index is 4.13. The van der Waals surface area contributed by atoms with Crippen molar-refractivity contribution in [1.82, 2.24) is 0 Å². The first-order chi connectivity index (χ1) is 8.68. The summed E-state index contributed by atoms with van der Waals surface area (Å²) < 4.78 is 1.28. The standard InChI is InChI=1S/C16H16IN/c1-12(14-7-4-3-5-8-14)11-18-16-10-6-9-15(17)13(16)2/h3-10,18H,1,11H2,2H3. The molecule has 2 heteroatoms. The van der Waals surface area contributed by atoms with Gasteiger partial charge in [0.15, 0.2) is 0 Å². The van der Waals surface area contributed by atoms with E-state index in [1.165, 1.54) is 20.4 Å². The number of anilines is 1. The van der Waals surface area contributed by atoms with Crippen LogP contribution in [0.1, 0.15) is 11.1 Å². The Balaban J connectivity index is 2.04. The summed E-state index contributed by atoms with van der Waals surface area (Å²) >= 11 is 2.36. The third kappa shape index (κ3) is 3.13. The Bertz CT molecular complexity index is 546.